The van der Waals surface area contributed by atoms with Crippen LogP contribution in [0.25, 0.3) is 0 Å². The van der Waals surface area contributed by atoms with Crippen molar-refractivity contribution in [2.75, 3.05) is 13.6 Å². The van der Waals surface area contributed by atoms with Gasteiger partial charge in [-0.05, 0) is 53.1 Å². The summed E-state index contributed by atoms with van der Waals surface area (Å²) < 4.78 is 2.40. The predicted octanol–water partition coefficient (Wildman–Crippen LogP) is 2.51. The van der Waals surface area contributed by atoms with Crippen LogP contribution in [0.1, 0.15) is 49.7 Å². The molecule has 0 saturated carbocycles. The quantitative estimate of drug-likeness (QED) is 0.889. The van der Waals surface area contributed by atoms with Gasteiger partial charge < -0.3 is 14.6 Å². The molecule has 1 aromatic heterocycles. The summed E-state index contributed by atoms with van der Waals surface area (Å²) in [6.07, 6.45) is 2.91. The van der Waals surface area contributed by atoms with Crippen molar-refractivity contribution in [2.45, 2.75) is 58.7 Å². The summed E-state index contributed by atoms with van der Waals surface area (Å²) in [7, 11) is 2.17. The van der Waals surface area contributed by atoms with Crippen molar-refractivity contribution in [3.05, 3.63) is 23.0 Å². The average molecular weight is 250 g/mol. The van der Waals surface area contributed by atoms with Gasteiger partial charge in [0, 0.05) is 36.1 Å². The summed E-state index contributed by atoms with van der Waals surface area (Å²) in [5, 5.41) is 10.0. The molecule has 102 valence electrons. The van der Waals surface area contributed by atoms with E-state index in [0.29, 0.717) is 6.04 Å². The lowest BCUT2D eigenvalue weighted by atomic mass is 9.95. The Morgan fingerprint density at radius 1 is 1.50 bits per heavy atom. The zero-order valence-electron chi connectivity index (χ0n) is 12.1. The maximum Gasteiger partial charge on any atom is 0.0807 e. The second-order valence-corrected chi connectivity index (χ2v) is 5.82. The topological polar surface area (TPSA) is 28.4 Å². The van der Waals surface area contributed by atoms with E-state index in [1.165, 1.54) is 17.0 Å². The number of aliphatic hydroxyl groups is 1. The van der Waals surface area contributed by atoms with Crippen LogP contribution in [0.15, 0.2) is 6.07 Å². The van der Waals surface area contributed by atoms with E-state index in [1.54, 1.807) is 0 Å². The largest absolute Gasteiger partial charge is 0.388 e. The van der Waals surface area contributed by atoms with E-state index in [2.05, 4.69) is 43.4 Å². The molecule has 1 atom stereocenters. The van der Waals surface area contributed by atoms with Gasteiger partial charge in [0.1, 0.15) is 0 Å². The van der Waals surface area contributed by atoms with Crippen molar-refractivity contribution in [3.8, 4) is 0 Å². The molecule has 1 aliphatic rings. The molecule has 1 heterocycles. The highest BCUT2D eigenvalue weighted by Crippen LogP contribution is 2.32. The van der Waals surface area contributed by atoms with Crippen molar-refractivity contribution < 1.29 is 5.11 Å². The van der Waals surface area contributed by atoms with E-state index in [9.17, 15) is 5.11 Å². The van der Waals surface area contributed by atoms with Crippen molar-refractivity contribution in [3.63, 3.8) is 0 Å². The number of hydrogen-bond acceptors (Lipinski definition) is 2. The first kappa shape index (κ1) is 13.6. The van der Waals surface area contributed by atoms with Crippen LogP contribution < -0.4 is 0 Å². The molecule has 0 bridgehead atoms. The maximum absolute atomic E-state index is 10.0. The van der Waals surface area contributed by atoms with Gasteiger partial charge in [0.2, 0.25) is 0 Å². The summed E-state index contributed by atoms with van der Waals surface area (Å²) in [4.78, 5) is 2.37. The zero-order chi connectivity index (χ0) is 13.3. The Kier molecular flexibility index (Phi) is 4.13. The molecule has 18 heavy (non-hydrogen) atoms. The Labute approximate surface area is 110 Å². The van der Waals surface area contributed by atoms with E-state index in [0.717, 1.165) is 32.4 Å². The highest BCUT2D eigenvalue weighted by molar-refractivity contribution is 5.31. The van der Waals surface area contributed by atoms with E-state index in [4.69, 9.17) is 0 Å². The van der Waals surface area contributed by atoms with Gasteiger partial charge in [-0.2, -0.15) is 0 Å². The van der Waals surface area contributed by atoms with Crippen LogP contribution in [0, 0.1) is 6.92 Å². The Bertz CT molecular complexity index is 409. The first-order valence-electron chi connectivity index (χ1n) is 7.08. The lowest BCUT2D eigenvalue weighted by Crippen LogP contribution is -2.30. The smallest absolute Gasteiger partial charge is 0.0807 e. The van der Waals surface area contributed by atoms with Gasteiger partial charge in [0.25, 0.3) is 0 Å². The number of rotatable bonds is 4. The van der Waals surface area contributed by atoms with Gasteiger partial charge in [-0.3, -0.25) is 0 Å². The minimum absolute atomic E-state index is 0.239. The van der Waals surface area contributed by atoms with Crippen LogP contribution in [-0.4, -0.2) is 34.2 Å². The fraction of sp³-hybridized carbons (Fsp3) is 0.733. The lowest BCUT2D eigenvalue weighted by Gasteiger charge is -2.24. The SMILES string of the molecule is Cc1cc2c(n1CCN(C)C(C)C)CCCC2O. The number of hydrogen-bond donors (Lipinski definition) is 1. The Balaban J connectivity index is 2.13. The Morgan fingerprint density at radius 2 is 2.22 bits per heavy atom. The molecule has 1 unspecified atom stereocenters. The number of aryl methyl sites for hydroxylation is 1. The predicted molar refractivity (Wildman–Crippen MR) is 74.8 cm³/mol. The molecule has 3 heteroatoms. The highest BCUT2D eigenvalue weighted by atomic mass is 16.3. The van der Waals surface area contributed by atoms with Crippen LogP contribution in [-0.2, 0) is 13.0 Å². The van der Waals surface area contributed by atoms with Gasteiger partial charge in [-0.25, -0.2) is 0 Å². The van der Waals surface area contributed by atoms with Crippen LogP contribution in [0.3, 0.4) is 0 Å². The van der Waals surface area contributed by atoms with Gasteiger partial charge in [-0.1, -0.05) is 0 Å². The molecule has 0 radical (unpaired) electrons. The summed E-state index contributed by atoms with van der Waals surface area (Å²) in [6, 6.07) is 2.76. The molecule has 0 aromatic carbocycles. The molecular weight excluding hydrogens is 224 g/mol. The van der Waals surface area contributed by atoms with E-state index >= 15 is 0 Å². The van der Waals surface area contributed by atoms with Crippen molar-refractivity contribution in [2.24, 2.45) is 0 Å². The monoisotopic (exact) mass is 250 g/mol. The molecule has 1 N–H and O–H groups in total. The number of likely N-dealkylation sites (N-methyl/N-ethyl adjacent to an activating group) is 1. The summed E-state index contributed by atoms with van der Waals surface area (Å²) in [5.74, 6) is 0. The molecule has 0 spiro atoms. The molecule has 0 aliphatic heterocycles. The van der Waals surface area contributed by atoms with Crippen LogP contribution >= 0.6 is 0 Å². The van der Waals surface area contributed by atoms with Crippen molar-refractivity contribution in [1.29, 1.82) is 0 Å². The van der Waals surface area contributed by atoms with Gasteiger partial charge in [0.15, 0.2) is 0 Å². The van der Waals surface area contributed by atoms with Crippen molar-refractivity contribution in [1.82, 2.24) is 9.47 Å². The standard InChI is InChI=1S/C15H26N2O/c1-11(2)16(4)8-9-17-12(3)10-13-14(17)6-5-7-15(13)18/h10-11,15,18H,5-9H2,1-4H3. The fourth-order valence-electron chi connectivity index (χ4n) is 2.77. The van der Waals surface area contributed by atoms with Crippen LogP contribution in [0.2, 0.25) is 0 Å². The number of aromatic nitrogens is 1. The average Bonchev–Trinajstić information content (AvgIpc) is 2.64. The molecule has 2 rings (SSSR count). The first-order chi connectivity index (χ1) is 8.50. The summed E-state index contributed by atoms with van der Waals surface area (Å²) in [5.41, 5.74) is 3.83. The molecule has 0 saturated heterocycles. The molecule has 0 fully saturated rings. The fourth-order valence-corrected chi connectivity index (χ4v) is 2.77. The van der Waals surface area contributed by atoms with Gasteiger partial charge in [-0.15, -0.1) is 0 Å². The number of nitrogens with zero attached hydrogens (tertiary/aromatic N) is 2. The second kappa shape index (κ2) is 5.45. The number of aliphatic hydroxyl groups excluding tert-OH is 1. The first-order valence-corrected chi connectivity index (χ1v) is 7.08. The van der Waals surface area contributed by atoms with Crippen LogP contribution in [0.4, 0.5) is 0 Å². The van der Waals surface area contributed by atoms with Crippen LogP contribution in [0.5, 0.6) is 0 Å². The Hall–Kier alpha value is -0.800. The minimum atomic E-state index is -0.239. The van der Waals surface area contributed by atoms with E-state index in [-0.39, 0.29) is 6.10 Å². The van der Waals surface area contributed by atoms with E-state index < -0.39 is 0 Å². The third-order valence-electron chi connectivity index (χ3n) is 4.26. The van der Waals surface area contributed by atoms with Gasteiger partial charge in [0.05, 0.1) is 6.10 Å². The third-order valence-corrected chi connectivity index (χ3v) is 4.26. The molecular formula is C15H26N2O. The third kappa shape index (κ3) is 2.62. The molecule has 1 aromatic rings. The second-order valence-electron chi connectivity index (χ2n) is 5.82. The number of fused-ring (bicyclic) bond motifs is 1. The zero-order valence-corrected chi connectivity index (χ0v) is 12.1. The van der Waals surface area contributed by atoms with E-state index in [1.807, 2.05) is 0 Å². The normalized spacial score (nSPS) is 19.6. The summed E-state index contributed by atoms with van der Waals surface area (Å²) in [6.45, 7) is 8.70. The lowest BCUT2D eigenvalue weighted by molar-refractivity contribution is 0.155. The molecule has 1 aliphatic carbocycles. The molecule has 3 nitrogen and oxygen atoms in total. The molecule has 0 amide bonds. The minimum Gasteiger partial charge on any atom is -0.388 e. The highest BCUT2D eigenvalue weighted by Gasteiger charge is 2.22. The van der Waals surface area contributed by atoms with Crippen molar-refractivity contribution >= 4 is 0 Å². The maximum atomic E-state index is 10.0. The Morgan fingerprint density at radius 3 is 2.89 bits per heavy atom. The van der Waals surface area contributed by atoms with Gasteiger partial charge >= 0.3 is 0 Å². The summed E-state index contributed by atoms with van der Waals surface area (Å²) >= 11 is 0.